The molecule has 122 valence electrons. The summed E-state index contributed by atoms with van der Waals surface area (Å²) in [6.45, 7) is 4.73. The van der Waals surface area contributed by atoms with E-state index in [0.29, 0.717) is 11.6 Å². The molecule has 0 aliphatic carbocycles. The van der Waals surface area contributed by atoms with Crippen molar-refractivity contribution in [2.24, 2.45) is 0 Å². The summed E-state index contributed by atoms with van der Waals surface area (Å²) in [7, 11) is 0. The van der Waals surface area contributed by atoms with E-state index in [2.05, 4.69) is 27.1 Å². The minimum Gasteiger partial charge on any atom is -0.340 e. The molecule has 4 nitrogen and oxygen atoms in total. The Hall–Kier alpha value is -2.95. The smallest absolute Gasteiger partial charge is 0.138 e. The molecule has 0 spiro atoms. The van der Waals surface area contributed by atoms with Crippen molar-refractivity contribution in [3.63, 3.8) is 0 Å². The molecule has 1 N–H and O–H groups in total. The van der Waals surface area contributed by atoms with Gasteiger partial charge in [-0.05, 0) is 50.2 Å². The number of para-hydroxylation sites is 1. The summed E-state index contributed by atoms with van der Waals surface area (Å²) in [6.07, 6.45) is 0. The van der Waals surface area contributed by atoms with Crippen molar-refractivity contribution < 1.29 is 4.39 Å². The van der Waals surface area contributed by atoms with Crippen LogP contribution in [0.15, 0.2) is 60.7 Å². The number of aryl methyl sites for hydroxylation is 1. The van der Waals surface area contributed by atoms with Crippen LogP contribution in [-0.2, 0) is 0 Å². The number of anilines is 4. The molecule has 2 aromatic carbocycles. The Balaban J connectivity index is 1.92. The van der Waals surface area contributed by atoms with E-state index in [1.54, 1.807) is 12.1 Å². The Labute approximate surface area is 141 Å². The monoisotopic (exact) mass is 322 g/mol. The lowest BCUT2D eigenvalue weighted by Gasteiger charge is -2.23. The Morgan fingerprint density at radius 1 is 1.00 bits per heavy atom. The number of rotatable bonds is 5. The fourth-order valence-corrected chi connectivity index (χ4v) is 2.52. The normalized spacial score (nSPS) is 10.5. The number of halogens is 1. The minimum absolute atomic E-state index is 0.263. The molecule has 24 heavy (non-hydrogen) atoms. The molecular weight excluding hydrogens is 303 g/mol. The molecule has 0 atom stereocenters. The van der Waals surface area contributed by atoms with Crippen molar-refractivity contribution in [1.82, 2.24) is 9.97 Å². The molecular formula is C19H19FN4. The Morgan fingerprint density at radius 3 is 2.38 bits per heavy atom. The van der Waals surface area contributed by atoms with Crippen molar-refractivity contribution >= 4 is 23.0 Å². The second-order valence-corrected chi connectivity index (χ2v) is 5.37. The first-order valence-corrected chi connectivity index (χ1v) is 7.86. The second-order valence-electron chi connectivity index (χ2n) is 5.37. The van der Waals surface area contributed by atoms with Crippen molar-refractivity contribution in [2.75, 3.05) is 16.8 Å². The van der Waals surface area contributed by atoms with Gasteiger partial charge in [0.25, 0.3) is 0 Å². The zero-order valence-corrected chi connectivity index (χ0v) is 13.7. The van der Waals surface area contributed by atoms with Crippen LogP contribution in [0.4, 0.5) is 27.4 Å². The third kappa shape index (κ3) is 3.68. The van der Waals surface area contributed by atoms with Crippen molar-refractivity contribution in [3.05, 3.63) is 72.3 Å². The molecule has 0 saturated heterocycles. The van der Waals surface area contributed by atoms with Crippen LogP contribution in [0.5, 0.6) is 0 Å². The third-order valence-corrected chi connectivity index (χ3v) is 3.60. The molecule has 0 fully saturated rings. The predicted molar refractivity (Wildman–Crippen MR) is 95.6 cm³/mol. The first-order chi connectivity index (χ1) is 11.7. The van der Waals surface area contributed by atoms with Crippen LogP contribution >= 0.6 is 0 Å². The van der Waals surface area contributed by atoms with E-state index in [1.165, 1.54) is 12.1 Å². The van der Waals surface area contributed by atoms with Gasteiger partial charge in [-0.15, -0.1) is 0 Å². The quantitative estimate of drug-likeness (QED) is 0.731. The lowest BCUT2D eigenvalue weighted by molar-refractivity contribution is 0.628. The van der Waals surface area contributed by atoms with Crippen LogP contribution in [0.3, 0.4) is 0 Å². The summed E-state index contributed by atoms with van der Waals surface area (Å²) in [4.78, 5) is 11.1. The number of benzene rings is 2. The molecule has 0 amide bonds. The summed E-state index contributed by atoms with van der Waals surface area (Å²) in [5.74, 6) is 1.91. The molecule has 1 heterocycles. The standard InChI is InChI=1S/C19H19FN4/c1-3-24(17-7-5-4-6-8-17)19-13-18(21-14(2)22-19)23-16-11-9-15(20)10-12-16/h4-13H,3H2,1-2H3,(H,21,22,23). The molecule has 3 aromatic rings. The first kappa shape index (κ1) is 15.9. The summed E-state index contributed by atoms with van der Waals surface area (Å²) in [6, 6.07) is 18.2. The van der Waals surface area contributed by atoms with Gasteiger partial charge in [0.15, 0.2) is 0 Å². The SMILES string of the molecule is CCN(c1ccccc1)c1cc(Nc2ccc(F)cc2)nc(C)n1. The summed E-state index contributed by atoms with van der Waals surface area (Å²) in [5.41, 5.74) is 1.86. The average Bonchev–Trinajstić information content (AvgIpc) is 2.58. The molecule has 0 radical (unpaired) electrons. The number of nitrogens with zero attached hydrogens (tertiary/aromatic N) is 3. The Kier molecular flexibility index (Phi) is 4.70. The van der Waals surface area contributed by atoms with Crippen LogP contribution in [0.25, 0.3) is 0 Å². The van der Waals surface area contributed by atoms with E-state index in [0.717, 1.165) is 23.7 Å². The van der Waals surface area contributed by atoms with Crippen LogP contribution in [0.2, 0.25) is 0 Å². The highest BCUT2D eigenvalue weighted by Crippen LogP contribution is 2.26. The maximum absolute atomic E-state index is 13.0. The van der Waals surface area contributed by atoms with E-state index in [4.69, 9.17) is 0 Å². The van der Waals surface area contributed by atoms with Gasteiger partial charge in [-0.1, -0.05) is 18.2 Å². The maximum Gasteiger partial charge on any atom is 0.138 e. The maximum atomic E-state index is 13.0. The first-order valence-electron chi connectivity index (χ1n) is 7.86. The zero-order chi connectivity index (χ0) is 16.9. The van der Waals surface area contributed by atoms with Gasteiger partial charge in [0.2, 0.25) is 0 Å². The van der Waals surface area contributed by atoms with Gasteiger partial charge < -0.3 is 10.2 Å². The van der Waals surface area contributed by atoms with Crippen LogP contribution < -0.4 is 10.2 Å². The molecule has 0 saturated carbocycles. The van der Waals surface area contributed by atoms with E-state index in [-0.39, 0.29) is 5.82 Å². The zero-order valence-electron chi connectivity index (χ0n) is 13.7. The van der Waals surface area contributed by atoms with Gasteiger partial charge in [0.05, 0.1) is 0 Å². The third-order valence-electron chi connectivity index (χ3n) is 3.60. The largest absolute Gasteiger partial charge is 0.340 e. The number of nitrogens with one attached hydrogen (secondary N) is 1. The predicted octanol–water partition coefficient (Wildman–Crippen LogP) is 4.83. The van der Waals surface area contributed by atoms with Crippen molar-refractivity contribution in [3.8, 4) is 0 Å². The highest BCUT2D eigenvalue weighted by molar-refractivity contribution is 5.65. The van der Waals surface area contributed by atoms with E-state index in [1.807, 2.05) is 43.3 Å². The fourth-order valence-electron chi connectivity index (χ4n) is 2.52. The molecule has 0 aliphatic heterocycles. The van der Waals surface area contributed by atoms with E-state index < -0.39 is 0 Å². The number of hydrogen-bond acceptors (Lipinski definition) is 4. The van der Waals surface area contributed by atoms with Gasteiger partial charge >= 0.3 is 0 Å². The second kappa shape index (κ2) is 7.08. The van der Waals surface area contributed by atoms with Gasteiger partial charge in [0, 0.05) is 24.0 Å². The van der Waals surface area contributed by atoms with Crippen molar-refractivity contribution in [2.45, 2.75) is 13.8 Å². The summed E-state index contributed by atoms with van der Waals surface area (Å²) < 4.78 is 13.0. The van der Waals surface area contributed by atoms with Crippen LogP contribution in [-0.4, -0.2) is 16.5 Å². The fraction of sp³-hybridized carbons (Fsp3) is 0.158. The number of aromatic nitrogens is 2. The van der Waals surface area contributed by atoms with Crippen LogP contribution in [0, 0.1) is 12.7 Å². The van der Waals surface area contributed by atoms with Gasteiger partial charge in [0.1, 0.15) is 23.3 Å². The lowest BCUT2D eigenvalue weighted by Crippen LogP contribution is -2.18. The minimum atomic E-state index is -0.263. The molecule has 0 aliphatic rings. The Bertz CT molecular complexity index is 803. The molecule has 1 aromatic heterocycles. The topological polar surface area (TPSA) is 41.0 Å². The van der Waals surface area contributed by atoms with E-state index >= 15 is 0 Å². The molecule has 0 unspecified atom stereocenters. The van der Waals surface area contributed by atoms with E-state index in [9.17, 15) is 4.39 Å². The van der Waals surface area contributed by atoms with Gasteiger partial charge in [-0.3, -0.25) is 0 Å². The van der Waals surface area contributed by atoms with Gasteiger partial charge in [-0.2, -0.15) is 0 Å². The highest BCUT2D eigenvalue weighted by Gasteiger charge is 2.11. The molecule has 0 bridgehead atoms. The summed E-state index contributed by atoms with van der Waals surface area (Å²) in [5, 5.41) is 3.20. The van der Waals surface area contributed by atoms with Crippen molar-refractivity contribution in [1.29, 1.82) is 0 Å². The molecule has 3 rings (SSSR count). The van der Waals surface area contributed by atoms with Crippen LogP contribution in [0.1, 0.15) is 12.7 Å². The Morgan fingerprint density at radius 2 is 1.71 bits per heavy atom. The molecule has 5 heteroatoms. The lowest BCUT2D eigenvalue weighted by atomic mass is 10.2. The highest BCUT2D eigenvalue weighted by atomic mass is 19.1. The number of hydrogen-bond donors (Lipinski definition) is 1. The summed E-state index contributed by atoms with van der Waals surface area (Å²) >= 11 is 0. The average molecular weight is 322 g/mol. The van der Waals surface area contributed by atoms with Gasteiger partial charge in [-0.25, -0.2) is 14.4 Å².